The first-order valence-electron chi connectivity index (χ1n) is 9.23. The molecule has 1 aliphatic rings. The van der Waals surface area contributed by atoms with E-state index in [2.05, 4.69) is 27.7 Å². The number of amides is 2. The SMILES string of the molecule is CCCc1ccc(N2C[C@H](C(=O)NNc3nc(C)cc(C)n3)CC2=O)cc1. The molecule has 1 aliphatic heterocycles. The zero-order valence-electron chi connectivity index (χ0n) is 16.0. The third-order valence-corrected chi connectivity index (χ3v) is 4.56. The predicted molar refractivity (Wildman–Crippen MR) is 104 cm³/mol. The number of anilines is 2. The second-order valence-electron chi connectivity index (χ2n) is 6.91. The molecule has 1 fully saturated rings. The Morgan fingerprint density at radius 1 is 1.19 bits per heavy atom. The first-order valence-corrected chi connectivity index (χ1v) is 9.23. The van der Waals surface area contributed by atoms with Crippen LogP contribution in [-0.4, -0.2) is 28.3 Å². The molecule has 7 nitrogen and oxygen atoms in total. The summed E-state index contributed by atoms with van der Waals surface area (Å²) in [5, 5.41) is 0. The maximum atomic E-state index is 12.4. The highest BCUT2D eigenvalue weighted by Gasteiger charge is 2.35. The van der Waals surface area contributed by atoms with Gasteiger partial charge in [0.2, 0.25) is 17.8 Å². The lowest BCUT2D eigenvalue weighted by atomic mass is 10.1. The Kier molecular flexibility index (Phi) is 5.69. The maximum absolute atomic E-state index is 12.4. The molecule has 142 valence electrons. The number of rotatable bonds is 6. The molecule has 2 N–H and O–H groups in total. The van der Waals surface area contributed by atoms with E-state index in [1.165, 1.54) is 5.56 Å². The van der Waals surface area contributed by atoms with Crippen LogP contribution >= 0.6 is 0 Å². The smallest absolute Gasteiger partial charge is 0.243 e. The van der Waals surface area contributed by atoms with Gasteiger partial charge in [0, 0.05) is 30.0 Å². The molecule has 2 heterocycles. The van der Waals surface area contributed by atoms with E-state index in [9.17, 15) is 9.59 Å². The summed E-state index contributed by atoms with van der Waals surface area (Å²) in [6.07, 6.45) is 2.30. The normalized spacial score (nSPS) is 16.5. The first kappa shape index (κ1) is 18.8. The molecule has 1 atom stereocenters. The van der Waals surface area contributed by atoms with Crippen molar-refractivity contribution in [3.63, 3.8) is 0 Å². The second-order valence-corrected chi connectivity index (χ2v) is 6.91. The lowest BCUT2D eigenvalue weighted by molar-refractivity contribution is -0.125. The van der Waals surface area contributed by atoms with E-state index in [1.807, 2.05) is 44.2 Å². The van der Waals surface area contributed by atoms with Crippen LogP contribution in [0.5, 0.6) is 0 Å². The fraction of sp³-hybridized carbons (Fsp3) is 0.400. The lowest BCUT2D eigenvalue weighted by Crippen LogP contribution is -2.37. The van der Waals surface area contributed by atoms with Gasteiger partial charge in [0.25, 0.3) is 0 Å². The number of hydrazine groups is 1. The van der Waals surface area contributed by atoms with Crippen LogP contribution in [0.15, 0.2) is 30.3 Å². The third-order valence-electron chi connectivity index (χ3n) is 4.56. The molecule has 3 rings (SSSR count). The largest absolute Gasteiger partial charge is 0.312 e. The van der Waals surface area contributed by atoms with Crippen LogP contribution in [-0.2, 0) is 16.0 Å². The number of hydrogen-bond donors (Lipinski definition) is 2. The summed E-state index contributed by atoms with van der Waals surface area (Å²) in [6.45, 7) is 6.23. The molecule has 2 amide bonds. The van der Waals surface area contributed by atoms with Crippen LogP contribution in [0.2, 0.25) is 0 Å². The van der Waals surface area contributed by atoms with Gasteiger partial charge in [-0.2, -0.15) is 0 Å². The van der Waals surface area contributed by atoms with Gasteiger partial charge in [0.15, 0.2) is 0 Å². The van der Waals surface area contributed by atoms with Gasteiger partial charge < -0.3 is 4.90 Å². The van der Waals surface area contributed by atoms with E-state index in [1.54, 1.807) is 4.90 Å². The number of aryl methyl sites for hydroxylation is 3. The minimum absolute atomic E-state index is 0.0407. The minimum atomic E-state index is -0.411. The van der Waals surface area contributed by atoms with Crippen molar-refractivity contribution in [1.29, 1.82) is 0 Å². The zero-order valence-corrected chi connectivity index (χ0v) is 16.0. The summed E-state index contributed by atoms with van der Waals surface area (Å²) >= 11 is 0. The van der Waals surface area contributed by atoms with E-state index in [-0.39, 0.29) is 18.2 Å². The van der Waals surface area contributed by atoms with E-state index in [0.717, 1.165) is 29.9 Å². The van der Waals surface area contributed by atoms with Crippen LogP contribution in [0.25, 0.3) is 0 Å². The summed E-state index contributed by atoms with van der Waals surface area (Å²) in [6, 6.07) is 9.83. The number of aromatic nitrogens is 2. The topological polar surface area (TPSA) is 87.2 Å². The summed E-state index contributed by atoms with van der Waals surface area (Å²) in [5.74, 6) is -0.350. The molecule has 2 aromatic rings. The molecule has 0 radical (unpaired) electrons. The Labute approximate surface area is 159 Å². The molecule has 0 saturated carbocycles. The molecule has 1 aromatic carbocycles. The van der Waals surface area contributed by atoms with Crippen molar-refractivity contribution in [2.75, 3.05) is 16.9 Å². The van der Waals surface area contributed by atoms with Gasteiger partial charge in [-0.05, 0) is 44.0 Å². The molecule has 1 saturated heterocycles. The van der Waals surface area contributed by atoms with E-state index in [4.69, 9.17) is 0 Å². The monoisotopic (exact) mass is 367 g/mol. The van der Waals surface area contributed by atoms with Crippen LogP contribution in [0.3, 0.4) is 0 Å². The van der Waals surface area contributed by atoms with E-state index >= 15 is 0 Å². The van der Waals surface area contributed by atoms with Gasteiger partial charge in [-0.1, -0.05) is 25.5 Å². The summed E-state index contributed by atoms with van der Waals surface area (Å²) in [7, 11) is 0. The quantitative estimate of drug-likeness (QED) is 0.766. The van der Waals surface area contributed by atoms with Crippen molar-refractivity contribution in [3.8, 4) is 0 Å². The molecule has 0 aliphatic carbocycles. The van der Waals surface area contributed by atoms with Crippen LogP contribution in [0.1, 0.15) is 36.7 Å². The lowest BCUT2D eigenvalue weighted by Gasteiger charge is -2.17. The molecule has 1 aromatic heterocycles. The Bertz CT molecular complexity index is 815. The number of nitrogens with zero attached hydrogens (tertiary/aromatic N) is 3. The van der Waals surface area contributed by atoms with E-state index < -0.39 is 5.92 Å². The second kappa shape index (κ2) is 8.16. The molecular weight excluding hydrogens is 342 g/mol. The Morgan fingerprint density at radius 2 is 1.85 bits per heavy atom. The highest BCUT2D eigenvalue weighted by atomic mass is 16.2. The molecule has 0 bridgehead atoms. The number of benzene rings is 1. The summed E-state index contributed by atoms with van der Waals surface area (Å²) in [4.78, 5) is 34.9. The van der Waals surface area contributed by atoms with Crippen molar-refractivity contribution < 1.29 is 9.59 Å². The fourth-order valence-electron chi connectivity index (χ4n) is 3.27. The summed E-state index contributed by atoms with van der Waals surface area (Å²) in [5.41, 5.74) is 9.07. The number of nitrogens with one attached hydrogen (secondary N) is 2. The minimum Gasteiger partial charge on any atom is -0.312 e. The van der Waals surface area contributed by atoms with Gasteiger partial charge in [-0.25, -0.2) is 9.97 Å². The van der Waals surface area contributed by atoms with Gasteiger partial charge in [-0.3, -0.25) is 20.4 Å². The summed E-state index contributed by atoms with van der Waals surface area (Å²) < 4.78 is 0. The zero-order chi connectivity index (χ0) is 19.4. The van der Waals surface area contributed by atoms with Gasteiger partial charge >= 0.3 is 0 Å². The average Bonchev–Trinajstić information content (AvgIpc) is 3.02. The van der Waals surface area contributed by atoms with Gasteiger partial charge in [0.05, 0.1) is 5.92 Å². The highest BCUT2D eigenvalue weighted by Crippen LogP contribution is 2.25. The molecule has 0 spiro atoms. The number of carbonyl (C=O) groups is 2. The highest BCUT2D eigenvalue weighted by molar-refractivity contribution is 6.00. The standard InChI is InChI=1S/C20H25N5O2/c1-4-5-15-6-8-17(9-7-15)25-12-16(11-18(25)26)19(27)23-24-20-21-13(2)10-14(3)22-20/h6-10,16H,4-5,11-12H2,1-3H3,(H,23,27)(H,21,22,24)/t16-/m1/s1. The van der Waals surface area contributed by atoms with Gasteiger partial charge in [0.1, 0.15) is 0 Å². The first-order chi connectivity index (χ1) is 13.0. The number of carbonyl (C=O) groups excluding carboxylic acids is 2. The van der Waals surface area contributed by atoms with Crippen molar-refractivity contribution in [1.82, 2.24) is 15.4 Å². The van der Waals surface area contributed by atoms with Gasteiger partial charge in [-0.15, -0.1) is 0 Å². The van der Waals surface area contributed by atoms with Crippen LogP contribution < -0.4 is 15.8 Å². The molecule has 7 heteroatoms. The van der Waals surface area contributed by atoms with Crippen molar-refractivity contribution in [2.24, 2.45) is 5.92 Å². The van der Waals surface area contributed by atoms with Crippen molar-refractivity contribution in [3.05, 3.63) is 47.3 Å². The van der Waals surface area contributed by atoms with Crippen LogP contribution in [0, 0.1) is 19.8 Å². The van der Waals surface area contributed by atoms with Crippen LogP contribution in [0.4, 0.5) is 11.6 Å². The molecule has 0 unspecified atom stereocenters. The van der Waals surface area contributed by atoms with E-state index in [0.29, 0.717) is 12.5 Å². The fourth-order valence-corrected chi connectivity index (χ4v) is 3.27. The predicted octanol–water partition coefficient (Wildman–Crippen LogP) is 2.54. The Balaban J connectivity index is 1.59. The molecular formula is C20H25N5O2. The van der Waals surface area contributed by atoms with Crippen molar-refractivity contribution in [2.45, 2.75) is 40.0 Å². The van der Waals surface area contributed by atoms with Crippen molar-refractivity contribution >= 4 is 23.5 Å². The third kappa shape index (κ3) is 4.61. The Hall–Kier alpha value is -2.96. The maximum Gasteiger partial charge on any atom is 0.243 e. The number of hydrogen-bond acceptors (Lipinski definition) is 5. The Morgan fingerprint density at radius 3 is 2.48 bits per heavy atom. The molecule has 27 heavy (non-hydrogen) atoms. The average molecular weight is 367 g/mol.